The molecule has 0 amide bonds. The zero-order valence-electron chi connectivity index (χ0n) is 21.1. The quantitative estimate of drug-likeness (QED) is 0.0893. The number of carbonyl (C=O) groups excluding carboxylic acids is 2. The molecule has 0 atom stereocenters. The van der Waals surface area contributed by atoms with Crippen LogP contribution in [0.1, 0.15) is 129 Å². The third-order valence-corrected chi connectivity index (χ3v) is 5.37. The molecule has 0 rings (SSSR count). The summed E-state index contributed by atoms with van der Waals surface area (Å²) in [6.07, 6.45) is 27.8. The van der Waals surface area contributed by atoms with Gasteiger partial charge in [-0.2, -0.15) is 0 Å². The highest BCUT2D eigenvalue weighted by Gasteiger charge is 2.08. The van der Waals surface area contributed by atoms with Gasteiger partial charge in [-0.05, 0) is 77.0 Å². The van der Waals surface area contributed by atoms with Gasteiger partial charge in [-0.25, -0.2) is 0 Å². The third-order valence-electron chi connectivity index (χ3n) is 5.37. The van der Waals surface area contributed by atoms with Gasteiger partial charge in [0.15, 0.2) is 0 Å². The number of carbonyl (C=O) groups is 2. The molecule has 0 unspecified atom stereocenters. The first-order valence-electron chi connectivity index (χ1n) is 13.3. The van der Waals surface area contributed by atoms with Gasteiger partial charge in [-0.3, -0.25) is 9.59 Å². The van der Waals surface area contributed by atoms with Crippen molar-refractivity contribution in [2.45, 2.75) is 129 Å². The molecule has 0 saturated carbocycles. The number of unbranched alkanes of at least 4 members (excludes halogenated alkanes) is 12. The molecule has 32 heavy (non-hydrogen) atoms. The van der Waals surface area contributed by atoms with E-state index in [1.807, 2.05) is 0 Å². The molecule has 0 aliphatic rings. The van der Waals surface area contributed by atoms with E-state index in [0.29, 0.717) is 13.2 Å². The minimum Gasteiger partial charge on any atom is -0.466 e. The first kappa shape index (κ1) is 30.4. The zero-order chi connectivity index (χ0) is 23.5. The molecule has 0 aromatic rings. The van der Waals surface area contributed by atoms with Gasteiger partial charge in [0.25, 0.3) is 0 Å². The molecule has 0 N–H and O–H groups in total. The normalized spacial score (nSPS) is 11.4. The summed E-state index contributed by atoms with van der Waals surface area (Å²) >= 11 is 0. The maximum absolute atomic E-state index is 11.7. The number of hydrogen-bond acceptors (Lipinski definition) is 4. The Balaban J connectivity index is 3.39. The van der Waals surface area contributed by atoms with Crippen LogP contribution >= 0.6 is 0 Å². The lowest BCUT2D eigenvalue weighted by Gasteiger charge is -2.06. The molecule has 0 aromatic carbocycles. The Morgan fingerprint density at radius 3 is 1.19 bits per heavy atom. The molecular formula is C28H50O4. The molecule has 0 bridgehead atoms. The van der Waals surface area contributed by atoms with Crippen LogP contribution in [0.3, 0.4) is 0 Å². The lowest BCUT2D eigenvalue weighted by atomic mass is 10.1. The molecule has 0 aromatic heterocycles. The molecule has 0 radical (unpaired) electrons. The molecule has 186 valence electrons. The van der Waals surface area contributed by atoms with Crippen molar-refractivity contribution in [3.05, 3.63) is 24.3 Å². The van der Waals surface area contributed by atoms with Gasteiger partial charge in [0, 0.05) is 0 Å². The molecule has 0 fully saturated rings. The van der Waals surface area contributed by atoms with Crippen molar-refractivity contribution in [3.63, 3.8) is 0 Å². The molecule has 0 aliphatic heterocycles. The van der Waals surface area contributed by atoms with Crippen LogP contribution in [0, 0.1) is 0 Å². The summed E-state index contributed by atoms with van der Waals surface area (Å²) in [6.45, 7) is 5.34. The minimum absolute atomic E-state index is 0.113. The standard InChI is InChI=1S/C28H50O4/c1-3-5-7-9-11-13-15-17-19-21-25-31-27(29)23-24-28(30)32-26-22-20-18-16-14-12-10-8-6-4-2/h11-14H,3-10,15-26H2,1-2H3/b13-11+,14-12+. The van der Waals surface area contributed by atoms with Crippen molar-refractivity contribution in [1.82, 2.24) is 0 Å². The molecular weight excluding hydrogens is 400 g/mol. The monoisotopic (exact) mass is 450 g/mol. The van der Waals surface area contributed by atoms with Gasteiger partial charge in [0.05, 0.1) is 26.1 Å². The maximum atomic E-state index is 11.7. The van der Waals surface area contributed by atoms with Crippen LogP contribution in [0.15, 0.2) is 24.3 Å². The summed E-state index contributed by atoms with van der Waals surface area (Å²) in [5.74, 6) is -0.605. The Kier molecular flexibility index (Phi) is 24.4. The smallest absolute Gasteiger partial charge is 0.306 e. The number of ether oxygens (including phenoxy) is 2. The van der Waals surface area contributed by atoms with Gasteiger partial charge in [-0.1, -0.05) is 63.8 Å². The van der Waals surface area contributed by atoms with Crippen LogP contribution in [0.25, 0.3) is 0 Å². The van der Waals surface area contributed by atoms with Crippen LogP contribution in [-0.2, 0) is 19.1 Å². The maximum Gasteiger partial charge on any atom is 0.306 e. The first-order valence-corrected chi connectivity index (χ1v) is 13.3. The Morgan fingerprint density at radius 2 is 0.844 bits per heavy atom. The minimum atomic E-state index is -0.302. The molecule has 0 heterocycles. The van der Waals surface area contributed by atoms with Crippen LogP contribution in [-0.4, -0.2) is 25.2 Å². The lowest BCUT2D eigenvalue weighted by molar-refractivity contribution is -0.150. The summed E-state index contributed by atoms with van der Waals surface area (Å²) in [4.78, 5) is 23.4. The Bertz CT molecular complexity index is 438. The predicted octanol–water partition coefficient (Wildman–Crippen LogP) is 8.25. The van der Waals surface area contributed by atoms with Crippen molar-refractivity contribution >= 4 is 11.9 Å². The van der Waals surface area contributed by atoms with Crippen molar-refractivity contribution in [3.8, 4) is 0 Å². The number of allylic oxidation sites excluding steroid dienone is 4. The summed E-state index contributed by atoms with van der Waals surface area (Å²) < 4.78 is 10.4. The van der Waals surface area contributed by atoms with Crippen LogP contribution in [0.4, 0.5) is 0 Å². The highest BCUT2D eigenvalue weighted by Crippen LogP contribution is 2.06. The highest BCUT2D eigenvalue weighted by molar-refractivity contribution is 5.77. The molecule has 0 saturated heterocycles. The van der Waals surface area contributed by atoms with E-state index in [-0.39, 0.29) is 24.8 Å². The first-order chi connectivity index (χ1) is 15.7. The third kappa shape index (κ3) is 24.7. The molecule has 4 nitrogen and oxygen atoms in total. The average Bonchev–Trinajstić information content (AvgIpc) is 2.79. The fourth-order valence-electron chi connectivity index (χ4n) is 3.30. The molecule has 0 spiro atoms. The second kappa shape index (κ2) is 25.7. The fourth-order valence-corrected chi connectivity index (χ4v) is 3.30. The summed E-state index contributed by atoms with van der Waals surface area (Å²) in [6, 6.07) is 0. The van der Waals surface area contributed by atoms with E-state index in [1.54, 1.807) is 0 Å². The Hall–Kier alpha value is -1.58. The SMILES string of the molecule is CCCCC/C=C/CCCCCOC(=O)CCC(=O)OCCCCC/C=C/CCCCC. The summed E-state index contributed by atoms with van der Waals surface area (Å²) in [5, 5.41) is 0. The predicted molar refractivity (Wildman–Crippen MR) is 135 cm³/mol. The van der Waals surface area contributed by atoms with E-state index >= 15 is 0 Å². The van der Waals surface area contributed by atoms with E-state index in [0.717, 1.165) is 51.4 Å². The second-order valence-corrected chi connectivity index (χ2v) is 8.57. The van der Waals surface area contributed by atoms with E-state index in [4.69, 9.17) is 9.47 Å². The van der Waals surface area contributed by atoms with E-state index in [1.165, 1.54) is 51.4 Å². The molecule has 0 aliphatic carbocycles. The van der Waals surface area contributed by atoms with Gasteiger partial charge in [0.1, 0.15) is 0 Å². The lowest BCUT2D eigenvalue weighted by Crippen LogP contribution is -2.11. The number of hydrogen-bond donors (Lipinski definition) is 0. The van der Waals surface area contributed by atoms with Crippen LogP contribution < -0.4 is 0 Å². The average molecular weight is 451 g/mol. The summed E-state index contributed by atoms with van der Waals surface area (Å²) in [7, 11) is 0. The highest BCUT2D eigenvalue weighted by atomic mass is 16.5. The number of rotatable bonds is 23. The van der Waals surface area contributed by atoms with Gasteiger partial charge in [0.2, 0.25) is 0 Å². The van der Waals surface area contributed by atoms with Crippen molar-refractivity contribution in [2.24, 2.45) is 0 Å². The summed E-state index contributed by atoms with van der Waals surface area (Å²) in [5.41, 5.74) is 0. The van der Waals surface area contributed by atoms with Crippen LogP contribution in [0.5, 0.6) is 0 Å². The van der Waals surface area contributed by atoms with Crippen molar-refractivity contribution in [1.29, 1.82) is 0 Å². The Labute approximate surface area is 198 Å². The topological polar surface area (TPSA) is 52.6 Å². The van der Waals surface area contributed by atoms with Gasteiger partial charge in [-0.15, -0.1) is 0 Å². The Morgan fingerprint density at radius 1 is 0.500 bits per heavy atom. The van der Waals surface area contributed by atoms with Crippen molar-refractivity contribution in [2.75, 3.05) is 13.2 Å². The van der Waals surface area contributed by atoms with E-state index in [2.05, 4.69) is 38.2 Å². The van der Waals surface area contributed by atoms with Gasteiger partial charge < -0.3 is 9.47 Å². The largest absolute Gasteiger partial charge is 0.466 e. The fraction of sp³-hybridized carbons (Fsp3) is 0.786. The molecule has 4 heteroatoms. The zero-order valence-corrected chi connectivity index (χ0v) is 21.1. The van der Waals surface area contributed by atoms with E-state index in [9.17, 15) is 9.59 Å². The van der Waals surface area contributed by atoms with Crippen molar-refractivity contribution < 1.29 is 19.1 Å². The number of esters is 2. The van der Waals surface area contributed by atoms with Crippen LogP contribution in [0.2, 0.25) is 0 Å². The second-order valence-electron chi connectivity index (χ2n) is 8.57. The van der Waals surface area contributed by atoms with Gasteiger partial charge >= 0.3 is 11.9 Å². The van der Waals surface area contributed by atoms with E-state index < -0.39 is 0 Å².